The fourth-order valence-corrected chi connectivity index (χ4v) is 1.68. The molecule has 0 fully saturated rings. The lowest BCUT2D eigenvalue weighted by atomic mass is 10.1. The molecule has 0 amide bonds. The van der Waals surface area contributed by atoms with E-state index in [0.29, 0.717) is 12.0 Å². The van der Waals surface area contributed by atoms with Crippen LogP contribution in [0.3, 0.4) is 0 Å². The lowest BCUT2D eigenvalue weighted by molar-refractivity contribution is 0.0943. The fraction of sp³-hybridized carbons (Fsp3) is 0.300. The second-order valence-corrected chi connectivity index (χ2v) is 3.24. The average molecular weight is 164 g/mol. The Morgan fingerprint density at radius 1 is 1.50 bits per heavy atom. The Balaban J connectivity index is 2.62. The zero-order chi connectivity index (χ0) is 8.72. The number of benzene rings is 1. The van der Waals surface area contributed by atoms with E-state index in [1.807, 2.05) is 13.0 Å². The molecule has 1 aromatic rings. The zero-order valence-electron chi connectivity index (χ0n) is 6.80. The van der Waals surface area contributed by atoms with Gasteiger partial charge in [0.2, 0.25) is 0 Å². The molecule has 2 rings (SSSR count). The van der Waals surface area contributed by atoms with Crippen molar-refractivity contribution >= 4 is 5.78 Å². The van der Waals surface area contributed by atoms with E-state index in [1.165, 1.54) is 6.07 Å². The third kappa shape index (κ3) is 0.876. The Morgan fingerprint density at radius 3 is 2.92 bits per heavy atom. The van der Waals surface area contributed by atoms with Crippen LogP contribution in [-0.4, -0.2) is 5.78 Å². The number of Topliss-reactive ketones (excluding diaryl/α,β-unsaturated/α-hetero) is 1. The predicted molar refractivity (Wildman–Crippen MR) is 43.6 cm³/mol. The first kappa shape index (κ1) is 7.47. The first-order valence-electron chi connectivity index (χ1n) is 4.01. The van der Waals surface area contributed by atoms with Crippen molar-refractivity contribution in [1.82, 2.24) is 0 Å². The Bertz CT molecular complexity index is 344. The van der Waals surface area contributed by atoms with Crippen LogP contribution in [0.25, 0.3) is 0 Å². The average Bonchev–Trinajstić information content (AvgIpc) is 2.29. The Kier molecular flexibility index (Phi) is 1.50. The van der Waals surface area contributed by atoms with Gasteiger partial charge < -0.3 is 0 Å². The van der Waals surface area contributed by atoms with E-state index in [0.717, 1.165) is 5.56 Å². The van der Waals surface area contributed by atoms with Gasteiger partial charge >= 0.3 is 0 Å². The summed E-state index contributed by atoms with van der Waals surface area (Å²) in [6, 6.07) is 4.81. The maximum atomic E-state index is 13.1. The summed E-state index contributed by atoms with van der Waals surface area (Å²) in [7, 11) is 0. The van der Waals surface area contributed by atoms with Crippen LogP contribution in [0, 0.1) is 11.7 Å². The van der Waals surface area contributed by atoms with Crippen molar-refractivity contribution < 1.29 is 9.18 Å². The van der Waals surface area contributed by atoms with Crippen molar-refractivity contribution in [2.75, 3.05) is 0 Å². The van der Waals surface area contributed by atoms with Crippen LogP contribution in [0.15, 0.2) is 18.2 Å². The number of hydrogen-bond donors (Lipinski definition) is 0. The van der Waals surface area contributed by atoms with Crippen LogP contribution in [0.4, 0.5) is 4.39 Å². The highest BCUT2D eigenvalue weighted by molar-refractivity contribution is 6.02. The maximum absolute atomic E-state index is 13.1. The van der Waals surface area contributed by atoms with E-state index >= 15 is 0 Å². The molecule has 0 radical (unpaired) electrons. The van der Waals surface area contributed by atoms with Gasteiger partial charge in [-0.2, -0.15) is 0 Å². The molecule has 1 aliphatic rings. The van der Waals surface area contributed by atoms with Crippen LogP contribution in [0.5, 0.6) is 0 Å². The molecule has 0 unspecified atom stereocenters. The first-order chi connectivity index (χ1) is 5.70. The molecule has 0 aromatic heterocycles. The van der Waals surface area contributed by atoms with Crippen molar-refractivity contribution in [3.05, 3.63) is 35.1 Å². The molecule has 1 atom stereocenters. The van der Waals surface area contributed by atoms with Crippen LogP contribution < -0.4 is 0 Å². The fourth-order valence-electron chi connectivity index (χ4n) is 1.68. The highest BCUT2D eigenvalue weighted by Crippen LogP contribution is 2.27. The molecule has 0 spiro atoms. The molecule has 1 nitrogen and oxygen atoms in total. The molecule has 2 heteroatoms. The highest BCUT2D eigenvalue weighted by atomic mass is 19.1. The second kappa shape index (κ2) is 2.41. The Hall–Kier alpha value is -1.18. The monoisotopic (exact) mass is 164 g/mol. The van der Waals surface area contributed by atoms with Gasteiger partial charge in [0.25, 0.3) is 0 Å². The van der Waals surface area contributed by atoms with Gasteiger partial charge in [-0.05, 0) is 18.1 Å². The van der Waals surface area contributed by atoms with E-state index in [-0.39, 0.29) is 17.5 Å². The van der Waals surface area contributed by atoms with Crippen LogP contribution in [-0.2, 0) is 6.42 Å². The number of halogens is 1. The predicted octanol–water partition coefficient (Wildman–Crippen LogP) is 2.20. The summed E-state index contributed by atoms with van der Waals surface area (Å²) in [5.41, 5.74) is 1.16. The second-order valence-electron chi connectivity index (χ2n) is 3.24. The molecule has 0 aliphatic heterocycles. The zero-order valence-corrected chi connectivity index (χ0v) is 6.80. The summed E-state index contributed by atoms with van der Waals surface area (Å²) in [5.74, 6) is -0.471. The van der Waals surface area contributed by atoms with E-state index in [2.05, 4.69) is 0 Å². The van der Waals surface area contributed by atoms with Crippen molar-refractivity contribution in [2.24, 2.45) is 5.92 Å². The van der Waals surface area contributed by atoms with Crippen molar-refractivity contribution in [3.63, 3.8) is 0 Å². The molecule has 12 heavy (non-hydrogen) atoms. The topological polar surface area (TPSA) is 17.1 Å². The van der Waals surface area contributed by atoms with Gasteiger partial charge in [0, 0.05) is 5.92 Å². The minimum absolute atomic E-state index is 0.0445. The molecule has 0 bridgehead atoms. The third-order valence-corrected chi connectivity index (χ3v) is 2.32. The molecule has 0 heterocycles. The minimum atomic E-state index is -0.373. The molecule has 1 aromatic carbocycles. The highest BCUT2D eigenvalue weighted by Gasteiger charge is 2.29. The standard InChI is InChI=1S/C10H9FO/c1-6-5-7-3-2-4-8(11)9(7)10(6)12/h2-4,6H,5H2,1H3/t6-/m1/s1. The smallest absolute Gasteiger partial charge is 0.169 e. The van der Waals surface area contributed by atoms with Gasteiger partial charge in [-0.15, -0.1) is 0 Å². The summed E-state index contributed by atoms with van der Waals surface area (Å²) >= 11 is 0. The molecule has 0 N–H and O–H groups in total. The van der Waals surface area contributed by atoms with E-state index < -0.39 is 0 Å². The SMILES string of the molecule is C[C@@H]1Cc2cccc(F)c2C1=O. The van der Waals surface area contributed by atoms with Gasteiger partial charge in [0.05, 0.1) is 5.56 Å². The van der Waals surface area contributed by atoms with Gasteiger partial charge in [0.1, 0.15) is 5.82 Å². The Morgan fingerprint density at radius 2 is 2.25 bits per heavy atom. The van der Waals surface area contributed by atoms with Gasteiger partial charge in [-0.25, -0.2) is 4.39 Å². The number of fused-ring (bicyclic) bond motifs is 1. The molecule has 0 saturated carbocycles. The van der Waals surface area contributed by atoms with Crippen molar-refractivity contribution in [3.8, 4) is 0 Å². The lowest BCUT2D eigenvalue weighted by Crippen LogP contribution is -2.04. The Labute approximate surface area is 70.2 Å². The number of carbonyl (C=O) groups excluding carboxylic acids is 1. The molecule has 62 valence electrons. The minimum Gasteiger partial charge on any atom is -0.294 e. The maximum Gasteiger partial charge on any atom is 0.169 e. The van der Waals surface area contributed by atoms with E-state index in [4.69, 9.17) is 0 Å². The molecular formula is C10H9FO. The number of ketones is 1. The summed E-state index contributed by atoms with van der Waals surface area (Å²) in [6.45, 7) is 1.84. The molecular weight excluding hydrogens is 155 g/mol. The number of rotatable bonds is 0. The number of hydrogen-bond acceptors (Lipinski definition) is 1. The lowest BCUT2D eigenvalue weighted by Gasteiger charge is -1.96. The van der Waals surface area contributed by atoms with E-state index in [1.54, 1.807) is 6.07 Å². The summed E-state index contributed by atoms with van der Waals surface area (Å²) in [5, 5.41) is 0. The first-order valence-corrected chi connectivity index (χ1v) is 4.01. The quantitative estimate of drug-likeness (QED) is 0.574. The van der Waals surface area contributed by atoms with Crippen LogP contribution in [0.1, 0.15) is 22.8 Å². The number of carbonyl (C=O) groups is 1. The van der Waals surface area contributed by atoms with Gasteiger partial charge in [-0.3, -0.25) is 4.79 Å². The summed E-state index contributed by atoms with van der Waals surface area (Å²) < 4.78 is 13.1. The van der Waals surface area contributed by atoms with Crippen molar-refractivity contribution in [2.45, 2.75) is 13.3 Å². The van der Waals surface area contributed by atoms with Crippen LogP contribution >= 0.6 is 0 Å². The third-order valence-electron chi connectivity index (χ3n) is 2.32. The van der Waals surface area contributed by atoms with E-state index in [9.17, 15) is 9.18 Å². The van der Waals surface area contributed by atoms with Gasteiger partial charge in [0.15, 0.2) is 5.78 Å². The van der Waals surface area contributed by atoms with Crippen LogP contribution in [0.2, 0.25) is 0 Å². The van der Waals surface area contributed by atoms with Gasteiger partial charge in [-0.1, -0.05) is 19.1 Å². The normalized spacial score (nSPS) is 21.2. The summed E-state index contributed by atoms with van der Waals surface area (Å²) in [6.07, 6.45) is 0.686. The van der Waals surface area contributed by atoms with Crippen molar-refractivity contribution in [1.29, 1.82) is 0 Å². The summed E-state index contributed by atoms with van der Waals surface area (Å²) in [4.78, 5) is 11.4. The molecule has 0 saturated heterocycles. The largest absolute Gasteiger partial charge is 0.294 e. The molecule has 1 aliphatic carbocycles.